The van der Waals surface area contributed by atoms with Gasteiger partial charge in [0.05, 0.1) is 17.4 Å². The molecule has 1 amide bonds. The average Bonchev–Trinajstić information content (AvgIpc) is 2.36. The van der Waals surface area contributed by atoms with Gasteiger partial charge in [0.15, 0.2) is 0 Å². The molecule has 4 heteroatoms. The molecule has 0 bridgehead atoms. The first-order chi connectivity index (χ1) is 8.56. The Bertz CT molecular complexity index is 390. The Kier molecular flexibility index (Phi) is 5.62. The molecule has 4 nitrogen and oxygen atoms in total. The lowest BCUT2D eigenvalue weighted by atomic mass is 10.1. The number of carbonyl (C=O) groups excluding carboxylic acids is 1. The summed E-state index contributed by atoms with van der Waals surface area (Å²) in [4.78, 5) is 16.2. The molecule has 0 fully saturated rings. The molecule has 1 unspecified atom stereocenters. The van der Waals surface area contributed by atoms with E-state index in [1.165, 1.54) is 0 Å². The largest absolute Gasteiger partial charge is 0.383 e. The van der Waals surface area contributed by atoms with Gasteiger partial charge in [0.25, 0.3) is 5.91 Å². The highest BCUT2D eigenvalue weighted by atomic mass is 16.1. The number of hydrogen-bond donors (Lipinski definition) is 2. The van der Waals surface area contributed by atoms with Crippen LogP contribution < -0.4 is 10.6 Å². The Labute approximate surface area is 109 Å². The topological polar surface area (TPSA) is 54.0 Å². The summed E-state index contributed by atoms with van der Waals surface area (Å²) in [5, 5.41) is 6.23. The van der Waals surface area contributed by atoms with Crippen LogP contribution in [0.2, 0.25) is 0 Å². The van der Waals surface area contributed by atoms with Crippen molar-refractivity contribution in [3.63, 3.8) is 0 Å². The van der Waals surface area contributed by atoms with Gasteiger partial charge in [-0.2, -0.15) is 0 Å². The standard InChI is InChI=1S/C14H23N3O/c1-5-7-16-13-9-15-8-6-12(13)14(18)17-11(4)10(2)3/h6,8-11,16H,5,7H2,1-4H3,(H,17,18). The first-order valence-corrected chi connectivity index (χ1v) is 6.55. The number of rotatable bonds is 6. The van der Waals surface area contributed by atoms with E-state index in [-0.39, 0.29) is 11.9 Å². The summed E-state index contributed by atoms with van der Waals surface area (Å²) in [6.45, 7) is 9.13. The molecule has 0 aliphatic carbocycles. The van der Waals surface area contributed by atoms with Gasteiger partial charge in [-0.1, -0.05) is 20.8 Å². The zero-order valence-corrected chi connectivity index (χ0v) is 11.7. The fraction of sp³-hybridized carbons (Fsp3) is 0.571. The number of hydrogen-bond acceptors (Lipinski definition) is 3. The zero-order chi connectivity index (χ0) is 13.5. The SMILES string of the molecule is CCCNc1cnccc1C(=O)NC(C)C(C)C. The lowest BCUT2D eigenvalue weighted by molar-refractivity contribution is 0.0931. The van der Waals surface area contributed by atoms with E-state index < -0.39 is 0 Å². The van der Waals surface area contributed by atoms with Gasteiger partial charge in [0.1, 0.15) is 0 Å². The normalized spacial score (nSPS) is 12.3. The van der Waals surface area contributed by atoms with Gasteiger partial charge < -0.3 is 10.6 Å². The van der Waals surface area contributed by atoms with Gasteiger partial charge >= 0.3 is 0 Å². The first kappa shape index (κ1) is 14.5. The van der Waals surface area contributed by atoms with Crippen molar-refractivity contribution in [2.45, 2.75) is 40.2 Å². The van der Waals surface area contributed by atoms with Gasteiger partial charge in [-0.25, -0.2) is 0 Å². The number of anilines is 1. The molecule has 0 aliphatic heterocycles. The van der Waals surface area contributed by atoms with E-state index in [0.717, 1.165) is 18.7 Å². The first-order valence-electron chi connectivity index (χ1n) is 6.55. The van der Waals surface area contributed by atoms with Crippen LogP contribution >= 0.6 is 0 Å². The van der Waals surface area contributed by atoms with Crippen LogP contribution in [0.4, 0.5) is 5.69 Å². The van der Waals surface area contributed by atoms with Gasteiger partial charge in [-0.15, -0.1) is 0 Å². The van der Waals surface area contributed by atoms with Crippen LogP contribution in [-0.4, -0.2) is 23.5 Å². The van der Waals surface area contributed by atoms with Crippen LogP contribution in [0.1, 0.15) is 44.5 Å². The highest BCUT2D eigenvalue weighted by molar-refractivity contribution is 5.99. The maximum atomic E-state index is 12.2. The molecule has 1 heterocycles. The second kappa shape index (κ2) is 6.99. The van der Waals surface area contributed by atoms with Crippen LogP contribution in [0.5, 0.6) is 0 Å². The Morgan fingerprint density at radius 2 is 2.11 bits per heavy atom. The van der Waals surface area contributed by atoms with E-state index in [2.05, 4.69) is 36.4 Å². The maximum Gasteiger partial charge on any atom is 0.253 e. The third kappa shape index (κ3) is 4.02. The second-order valence-corrected chi connectivity index (χ2v) is 4.85. The van der Waals surface area contributed by atoms with Crippen LogP contribution in [0.15, 0.2) is 18.5 Å². The van der Waals surface area contributed by atoms with Crippen LogP contribution in [0, 0.1) is 5.92 Å². The van der Waals surface area contributed by atoms with Gasteiger partial charge in [-0.05, 0) is 25.3 Å². The lowest BCUT2D eigenvalue weighted by Gasteiger charge is -2.18. The Balaban J connectivity index is 2.78. The minimum Gasteiger partial charge on any atom is -0.383 e. The highest BCUT2D eigenvalue weighted by Gasteiger charge is 2.15. The number of aromatic nitrogens is 1. The molecule has 1 aromatic heterocycles. The van der Waals surface area contributed by atoms with Crippen LogP contribution in [0.25, 0.3) is 0 Å². The fourth-order valence-corrected chi connectivity index (χ4v) is 1.44. The summed E-state index contributed by atoms with van der Waals surface area (Å²) in [6.07, 6.45) is 4.36. The van der Waals surface area contributed by atoms with Crippen molar-refractivity contribution in [2.75, 3.05) is 11.9 Å². The van der Waals surface area contributed by atoms with E-state index in [1.807, 2.05) is 6.92 Å². The molecule has 1 aromatic rings. The molecular weight excluding hydrogens is 226 g/mol. The van der Waals surface area contributed by atoms with Crippen molar-refractivity contribution in [3.05, 3.63) is 24.0 Å². The predicted octanol–water partition coefficient (Wildman–Crippen LogP) is 2.68. The van der Waals surface area contributed by atoms with Crippen molar-refractivity contribution in [1.29, 1.82) is 0 Å². The number of amides is 1. The molecule has 2 N–H and O–H groups in total. The van der Waals surface area contributed by atoms with Crippen molar-refractivity contribution in [2.24, 2.45) is 5.92 Å². The fourth-order valence-electron chi connectivity index (χ4n) is 1.44. The van der Waals surface area contributed by atoms with Crippen LogP contribution in [0.3, 0.4) is 0 Å². The summed E-state index contributed by atoms with van der Waals surface area (Å²) >= 11 is 0. The average molecular weight is 249 g/mol. The minimum atomic E-state index is -0.0443. The summed E-state index contributed by atoms with van der Waals surface area (Å²) in [7, 11) is 0. The monoisotopic (exact) mass is 249 g/mol. The van der Waals surface area contributed by atoms with E-state index >= 15 is 0 Å². The Hall–Kier alpha value is -1.58. The zero-order valence-electron chi connectivity index (χ0n) is 11.7. The number of pyridine rings is 1. The third-order valence-corrected chi connectivity index (χ3v) is 2.99. The summed E-state index contributed by atoms with van der Waals surface area (Å²) in [5.74, 6) is 0.375. The molecule has 0 aliphatic rings. The molecule has 0 spiro atoms. The van der Waals surface area contributed by atoms with Crippen molar-refractivity contribution in [3.8, 4) is 0 Å². The van der Waals surface area contributed by atoms with E-state index in [1.54, 1.807) is 18.5 Å². The second-order valence-electron chi connectivity index (χ2n) is 4.85. The molecule has 1 rings (SSSR count). The van der Waals surface area contributed by atoms with Crippen molar-refractivity contribution >= 4 is 11.6 Å². The summed E-state index contributed by atoms with van der Waals surface area (Å²) in [5.41, 5.74) is 1.46. The lowest BCUT2D eigenvalue weighted by Crippen LogP contribution is -2.36. The molecule has 1 atom stereocenters. The Morgan fingerprint density at radius 1 is 1.39 bits per heavy atom. The molecular formula is C14H23N3O. The van der Waals surface area contributed by atoms with E-state index in [4.69, 9.17) is 0 Å². The van der Waals surface area contributed by atoms with E-state index in [9.17, 15) is 4.79 Å². The predicted molar refractivity (Wildman–Crippen MR) is 74.8 cm³/mol. The van der Waals surface area contributed by atoms with Gasteiger partial charge in [0.2, 0.25) is 0 Å². The molecule has 100 valence electrons. The van der Waals surface area contributed by atoms with Crippen LogP contribution in [-0.2, 0) is 0 Å². The molecule has 18 heavy (non-hydrogen) atoms. The third-order valence-electron chi connectivity index (χ3n) is 2.99. The molecule has 0 saturated heterocycles. The number of nitrogens with one attached hydrogen (secondary N) is 2. The molecule has 0 aromatic carbocycles. The summed E-state index contributed by atoms with van der Waals surface area (Å²) < 4.78 is 0. The van der Waals surface area contributed by atoms with Gasteiger partial charge in [-0.3, -0.25) is 9.78 Å². The molecule has 0 saturated carbocycles. The highest BCUT2D eigenvalue weighted by Crippen LogP contribution is 2.14. The van der Waals surface area contributed by atoms with Crippen molar-refractivity contribution < 1.29 is 4.79 Å². The minimum absolute atomic E-state index is 0.0443. The van der Waals surface area contributed by atoms with Gasteiger partial charge in [0, 0.05) is 18.8 Å². The van der Waals surface area contributed by atoms with E-state index in [0.29, 0.717) is 11.5 Å². The maximum absolute atomic E-state index is 12.2. The van der Waals surface area contributed by atoms with Crippen molar-refractivity contribution in [1.82, 2.24) is 10.3 Å². The number of carbonyl (C=O) groups is 1. The molecule has 0 radical (unpaired) electrons. The summed E-state index contributed by atoms with van der Waals surface area (Å²) in [6, 6.07) is 1.91. The smallest absolute Gasteiger partial charge is 0.253 e. The number of nitrogens with zero attached hydrogens (tertiary/aromatic N) is 1. The Morgan fingerprint density at radius 3 is 2.72 bits per heavy atom. The quantitative estimate of drug-likeness (QED) is 0.815.